The summed E-state index contributed by atoms with van der Waals surface area (Å²) < 4.78 is 13.5. The first-order valence-electron chi connectivity index (χ1n) is 5.99. The van der Waals surface area contributed by atoms with Crippen molar-refractivity contribution in [2.75, 3.05) is 11.4 Å². The summed E-state index contributed by atoms with van der Waals surface area (Å²) in [4.78, 5) is 12.9. The van der Waals surface area contributed by atoms with Gasteiger partial charge in [-0.05, 0) is 18.2 Å². The van der Waals surface area contributed by atoms with Gasteiger partial charge >= 0.3 is 0 Å². The van der Waals surface area contributed by atoms with Crippen LogP contribution in [0.15, 0.2) is 18.2 Å². The number of nitrogens with zero attached hydrogens (tertiary/aromatic N) is 1. The largest absolute Gasteiger partial charge is 0.312 e. The summed E-state index contributed by atoms with van der Waals surface area (Å²) in [5, 5.41) is 0. The maximum atomic E-state index is 13.5. The molecule has 1 aromatic carbocycles. The lowest BCUT2D eigenvalue weighted by molar-refractivity contribution is -0.122. The molecule has 0 N–H and O–H groups in total. The first-order chi connectivity index (χ1) is 8.35. The number of carbonyl (C=O) groups is 1. The average molecular weight is 261 g/mol. The Morgan fingerprint density at radius 3 is 2.50 bits per heavy atom. The minimum atomic E-state index is -1.47. The van der Waals surface area contributed by atoms with Crippen molar-refractivity contribution in [2.45, 2.75) is 26.1 Å². The lowest BCUT2D eigenvalue weighted by atomic mass is 10.1. The van der Waals surface area contributed by atoms with Gasteiger partial charge < -0.3 is 4.90 Å². The molecule has 18 heavy (non-hydrogen) atoms. The van der Waals surface area contributed by atoms with Crippen LogP contribution < -0.4 is 4.90 Å². The number of rotatable bonds is 1. The van der Waals surface area contributed by atoms with E-state index in [0.29, 0.717) is 24.2 Å². The van der Waals surface area contributed by atoms with Crippen molar-refractivity contribution in [3.8, 4) is 11.5 Å². The van der Waals surface area contributed by atoms with Gasteiger partial charge in [0.2, 0.25) is 5.91 Å². The van der Waals surface area contributed by atoms with Crippen LogP contribution in [-0.4, -0.2) is 20.5 Å². The van der Waals surface area contributed by atoms with Crippen molar-refractivity contribution in [3.05, 3.63) is 29.6 Å². The zero-order valence-corrected chi connectivity index (χ0v) is 11.9. The summed E-state index contributed by atoms with van der Waals surface area (Å²) in [5.41, 5.74) is 4.46. The first kappa shape index (κ1) is 12.8. The first-order valence-corrected chi connectivity index (χ1v) is 9.49. The summed E-state index contributed by atoms with van der Waals surface area (Å²) in [6, 6.07) is 4.59. The van der Waals surface area contributed by atoms with E-state index in [1.54, 1.807) is 11.0 Å². The number of benzene rings is 1. The summed E-state index contributed by atoms with van der Waals surface area (Å²) in [5.74, 6) is 2.72. The third kappa shape index (κ3) is 2.99. The van der Waals surface area contributed by atoms with Crippen LogP contribution in [0.25, 0.3) is 0 Å². The highest BCUT2D eigenvalue weighted by Crippen LogP contribution is 2.24. The van der Waals surface area contributed by atoms with Gasteiger partial charge in [-0.2, -0.15) is 0 Å². The van der Waals surface area contributed by atoms with E-state index in [2.05, 4.69) is 31.1 Å². The fraction of sp³-hybridized carbons (Fsp3) is 0.357. The quantitative estimate of drug-likeness (QED) is 0.432. The molecule has 1 aliphatic rings. The van der Waals surface area contributed by atoms with E-state index in [4.69, 9.17) is 0 Å². The van der Waals surface area contributed by atoms with Crippen molar-refractivity contribution in [1.29, 1.82) is 0 Å². The second kappa shape index (κ2) is 4.58. The van der Waals surface area contributed by atoms with Gasteiger partial charge in [0.05, 0.1) is 0 Å². The van der Waals surface area contributed by atoms with Crippen molar-refractivity contribution >= 4 is 19.7 Å². The Kier molecular flexibility index (Phi) is 3.27. The molecular weight excluding hydrogens is 245 g/mol. The second-order valence-corrected chi connectivity index (χ2v) is 10.2. The molecule has 0 bridgehead atoms. The van der Waals surface area contributed by atoms with Gasteiger partial charge in [0.15, 0.2) is 0 Å². The highest BCUT2D eigenvalue weighted by Gasteiger charge is 2.25. The summed E-state index contributed by atoms with van der Waals surface area (Å²) >= 11 is 0. The smallest absolute Gasteiger partial charge is 0.228 e. The van der Waals surface area contributed by atoms with Gasteiger partial charge in [0, 0.05) is 24.2 Å². The number of carbonyl (C=O) groups excluding carboxylic acids is 1. The van der Waals surface area contributed by atoms with Gasteiger partial charge in [-0.3, -0.25) is 4.79 Å². The van der Waals surface area contributed by atoms with Crippen molar-refractivity contribution in [1.82, 2.24) is 0 Å². The number of anilines is 1. The number of hydrogen-bond acceptors (Lipinski definition) is 1. The van der Waals surface area contributed by atoms with E-state index in [9.17, 15) is 9.18 Å². The van der Waals surface area contributed by atoms with Gasteiger partial charge in [0.1, 0.15) is 13.9 Å². The molecule has 0 radical (unpaired) electrons. The van der Waals surface area contributed by atoms with E-state index in [0.717, 1.165) is 0 Å². The summed E-state index contributed by atoms with van der Waals surface area (Å²) in [7, 11) is -1.47. The topological polar surface area (TPSA) is 20.3 Å². The van der Waals surface area contributed by atoms with Crippen LogP contribution in [0.2, 0.25) is 19.6 Å². The molecule has 0 aliphatic carbocycles. The Morgan fingerprint density at radius 2 is 2.00 bits per heavy atom. The Labute approximate surface area is 108 Å². The van der Waals surface area contributed by atoms with Crippen LogP contribution in [0.5, 0.6) is 0 Å². The lowest BCUT2D eigenvalue weighted by Gasteiger charge is -2.30. The fourth-order valence-corrected chi connectivity index (χ4v) is 2.17. The normalized spacial score (nSPS) is 14.9. The molecule has 1 aliphatic heterocycles. The molecule has 0 unspecified atom stereocenters. The van der Waals surface area contributed by atoms with Crippen molar-refractivity contribution in [3.63, 3.8) is 0 Å². The zero-order valence-electron chi connectivity index (χ0n) is 10.9. The second-order valence-electron chi connectivity index (χ2n) is 5.49. The van der Waals surface area contributed by atoms with Gasteiger partial charge in [-0.15, -0.1) is 5.54 Å². The molecule has 1 aromatic rings. The Morgan fingerprint density at radius 1 is 1.28 bits per heavy atom. The van der Waals surface area contributed by atoms with Crippen LogP contribution in [0.4, 0.5) is 10.1 Å². The molecular formula is C14H16FNOSi. The van der Waals surface area contributed by atoms with E-state index < -0.39 is 8.07 Å². The molecule has 0 spiro atoms. The van der Waals surface area contributed by atoms with Crippen LogP contribution in [0, 0.1) is 17.3 Å². The lowest BCUT2D eigenvalue weighted by Crippen LogP contribution is -2.43. The molecule has 2 nitrogen and oxygen atoms in total. The van der Waals surface area contributed by atoms with Crippen LogP contribution in [0.1, 0.15) is 12.0 Å². The Hall–Kier alpha value is -1.60. The average Bonchev–Trinajstić information content (AvgIpc) is 2.23. The SMILES string of the molecule is C[Si](C)(C)C#Cc1cc(F)cc(N2CCC2=O)c1. The van der Waals surface area contributed by atoms with Crippen molar-refractivity contribution in [2.24, 2.45) is 0 Å². The number of hydrogen-bond donors (Lipinski definition) is 0. The van der Waals surface area contributed by atoms with E-state index in [-0.39, 0.29) is 11.7 Å². The van der Waals surface area contributed by atoms with Gasteiger partial charge in [-0.1, -0.05) is 25.6 Å². The van der Waals surface area contributed by atoms with E-state index in [1.165, 1.54) is 12.1 Å². The summed E-state index contributed by atoms with van der Waals surface area (Å²) in [6.07, 6.45) is 0.548. The molecule has 2 rings (SSSR count). The van der Waals surface area contributed by atoms with E-state index >= 15 is 0 Å². The minimum Gasteiger partial charge on any atom is -0.312 e. The molecule has 0 aromatic heterocycles. The maximum Gasteiger partial charge on any atom is 0.228 e. The number of β-lactam (4-membered cyclic amide) rings is 1. The predicted octanol–water partition coefficient (Wildman–Crippen LogP) is 2.79. The molecule has 1 heterocycles. The fourth-order valence-electron chi connectivity index (χ4n) is 1.65. The molecule has 4 heteroatoms. The van der Waals surface area contributed by atoms with Crippen LogP contribution in [0.3, 0.4) is 0 Å². The number of amides is 1. The molecule has 0 atom stereocenters. The molecule has 0 saturated carbocycles. The Balaban J connectivity index is 2.31. The summed E-state index contributed by atoms with van der Waals surface area (Å²) in [6.45, 7) is 7.08. The molecule has 1 fully saturated rings. The van der Waals surface area contributed by atoms with Gasteiger partial charge in [-0.25, -0.2) is 4.39 Å². The molecule has 94 valence electrons. The zero-order chi connectivity index (χ0) is 13.3. The predicted molar refractivity (Wildman–Crippen MR) is 73.6 cm³/mol. The van der Waals surface area contributed by atoms with E-state index in [1.807, 2.05) is 0 Å². The third-order valence-electron chi connectivity index (χ3n) is 2.63. The Bertz CT molecular complexity index is 551. The number of halogens is 1. The third-order valence-corrected chi connectivity index (χ3v) is 3.50. The monoisotopic (exact) mass is 261 g/mol. The van der Waals surface area contributed by atoms with Crippen molar-refractivity contribution < 1.29 is 9.18 Å². The minimum absolute atomic E-state index is 0.0460. The molecule has 1 amide bonds. The standard InChI is InChI=1S/C14H16FNOSi/c1-18(2,3)7-5-11-8-12(15)10-13(9-11)16-6-4-14(16)17/h8-10H,4,6H2,1-3H3. The maximum absolute atomic E-state index is 13.5. The highest BCUT2D eigenvalue weighted by molar-refractivity contribution is 6.83. The highest BCUT2D eigenvalue weighted by atomic mass is 28.3. The van der Waals surface area contributed by atoms with Crippen LogP contribution >= 0.6 is 0 Å². The van der Waals surface area contributed by atoms with Gasteiger partial charge in [0.25, 0.3) is 0 Å². The molecule has 1 saturated heterocycles. The van der Waals surface area contributed by atoms with Crippen LogP contribution in [-0.2, 0) is 4.79 Å².